The van der Waals surface area contributed by atoms with Crippen LogP contribution in [0.2, 0.25) is 0 Å². The molecule has 1 aliphatic rings. The lowest BCUT2D eigenvalue weighted by Crippen LogP contribution is -2.47. The lowest BCUT2D eigenvalue weighted by Gasteiger charge is -2.32. The van der Waals surface area contributed by atoms with Crippen molar-refractivity contribution in [1.29, 1.82) is 0 Å². The van der Waals surface area contributed by atoms with Crippen LogP contribution in [0, 0.1) is 0 Å². The maximum absolute atomic E-state index is 11.9. The minimum absolute atomic E-state index is 0.278. The van der Waals surface area contributed by atoms with E-state index in [4.69, 9.17) is 4.52 Å². The van der Waals surface area contributed by atoms with Crippen molar-refractivity contribution in [2.75, 3.05) is 6.54 Å². The largest absolute Gasteiger partial charge is 0.388 e. The Morgan fingerprint density at radius 1 is 1.17 bits per heavy atom. The Kier molecular flexibility index (Phi) is 5.15. The maximum Gasteiger partial charge on any atom is 0.315 e. The number of aliphatic hydroxyl groups is 1. The van der Waals surface area contributed by atoms with E-state index in [0.29, 0.717) is 11.5 Å². The second-order valence-corrected chi connectivity index (χ2v) is 6.37. The van der Waals surface area contributed by atoms with E-state index in [1.807, 2.05) is 36.4 Å². The van der Waals surface area contributed by atoms with Gasteiger partial charge < -0.3 is 20.3 Å². The van der Waals surface area contributed by atoms with Gasteiger partial charge in [-0.15, -0.1) is 0 Å². The number of carbonyl (C=O) groups is 1. The van der Waals surface area contributed by atoms with Gasteiger partial charge in [-0.05, 0) is 12.8 Å². The van der Waals surface area contributed by atoms with E-state index in [1.54, 1.807) is 0 Å². The highest BCUT2D eigenvalue weighted by Crippen LogP contribution is 2.27. The molecule has 1 saturated carbocycles. The lowest BCUT2D eigenvalue weighted by atomic mass is 9.85. The molecule has 0 unspecified atom stereocenters. The average Bonchev–Trinajstić information content (AvgIpc) is 3.09. The van der Waals surface area contributed by atoms with Gasteiger partial charge in [0, 0.05) is 18.2 Å². The molecule has 1 aromatic heterocycles. The Morgan fingerprint density at radius 2 is 1.92 bits per heavy atom. The van der Waals surface area contributed by atoms with Crippen molar-refractivity contribution in [2.24, 2.45) is 0 Å². The van der Waals surface area contributed by atoms with Crippen LogP contribution in [0.3, 0.4) is 0 Å². The zero-order valence-electron chi connectivity index (χ0n) is 13.6. The topological polar surface area (TPSA) is 87.4 Å². The zero-order valence-corrected chi connectivity index (χ0v) is 13.6. The summed E-state index contributed by atoms with van der Waals surface area (Å²) in [6.07, 6.45) is 4.68. The second kappa shape index (κ2) is 7.49. The van der Waals surface area contributed by atoms with Crippen molar-refractivity contribution in [1.82, 2.24) is 15.8 Å². The number of nitrogens with one attached hydrogen (secondary N) is 2. The highest BCUT2D eigenvalue weighted by molar-refractivity contribution is 5.73. The van der Waals surface area contributed by atoms with Gasteiger partial charge >= 0.3 is 6.03 Å². The van der Waals surface area contributed by atoms with Crippen LogP contribution in [-0.4, -0.2) is 28.4 Å². The van der Waals surface area contributed by atoms with Crippen LogP contribution >= 0.6 is 0 Å². The number of hydrogen-bond donors (Lipinski definition) is 3. The molecule has 0 bridgehead atoms. The molecule has 24 heavy (non-hydrogen) atoms. The predicted molar refractivity (Wildman–Crippen MR) is 90.2 cm³/mol. The molecule has 1 aliphatic carbocycles. The van der Waals surface area contributed by atoms with E-state index >= 15 is 0 Å². The third kappa shape index (κ3) is 4.35. The van der Waals surface area contributed by atoms with E-state index in [1.165, 1.54) is 0 Å². The molecule has 0 saturated heterocycles. The van der Waals surface area contributed by atoms with Crippen molar-refractivity contribution < 1.29 is 14.4 Å². The average molecular weight is 329 g/mol. The molecule has 1 heterocycles. The Labute approximate surface area is 141 Å². The molecule has 0 atom stereocenters. The first kappa shape index (κ1) is 16.5. The standard InChI is InChI=1S/C18H23N3O3/c22-17(20-13-18(23)9-5-2-6-10-18)19-12-15-11-16(24-21-15)14-7-3-1-4-8-14/h1,3-4,7-8,11,23H,2,5-6,9-10,12-13H2,(H2,19,20,22). The van der Waals surface area contributed by atoms with Crippen LogP contribution < -0.4 is 10.6 Å². The molecule has 0 aliphatic heterocycles. The fourth-order valence-electron chi connectivity index (χ4n) is 3.00. The van der Waals surface area contributed by atoms with Crippen molar-refractivity contribution >= 4 is 6.03 Å². The van der Waals surface area contributed by atoms with Gasteiger partial charge in [0.05, 0.1) is 12.1 Å². The van der Waals surface area contributed by atoms with E-state index < -0.39 is 5.60 Å². The number of nitrogens with zero attached hydrogens (tertiary/aromatic N) is 1. The van der Waals surface area contributed by atoms with Crippen LogP contribution in [0.1, 0.15) is 37.8 Å². The van der Waals surface area contributed by atoms with Crippen LogP contribution in [0.5, 0.6) is 0 Å². The lowest BCUT2D eigenvalue weighted by molar-refractivity contribution is 0.00719. The van der Waals surface area contributed by atoms with Crippen LogP contribution in [0.15, 0.2) is 40.9 Å². The third-order valence-electron chi connectivity index (χ3n) is 4.41. The molecule has 1 fully saturated rings. The summed E-state index contributed by atoms with van der Waals surface area (Å²) in [7, 11) is 0. The Bertz CT molecular complexity index is 663. The monoisotopic (exact) mass is 329 g/mol. The molecule has 2 amide bonds. The van der Waals surface area contributed by atoms with Crippen molar-refractivity contribution in [2.45, 2.75) is 44.2 Å². The molecule has 0 spiro atoms. The molecule has 2 aromatic rings. The molecular weight excluding hydrogens is 306 g/mol. The fraction of sp³-hybridized carbons (Fsp3) is 0.444. The number of hydrogen-bond acceptors (Lipinski definition) is 4. The normalized spacial score (nSPS) is 16.5. The van der Waals surface area contributed by atoms with Gasteiger partial charge in [0.1, 0.15) is 5.69 Å². The van der Waals surface area contributed by atoms with Crippen LogP contribution in [0.25, 0.3) is 11.3 Å². The summed E-state index contributed by atoms with van der Waals surface area (Å²) in [6.45, 7) is 0.563. The minimum atomic E-state index is -0.760. The minimum Gasteiger partial charge on any atom is -0.388 e. The van der Waals surface area contributed by atoms with Gasteiger partial charge in [-0.25, -0.2) is 4.79 Å². The van der Waals surface area contributed by atoms with Crippen molar-refractivity contribution in [3.05, 3.63) is 42.1 Å². The zero-order chi connectivity index (χ0) is 16.8. The molecule has 128 valence electrons. The SMILES string of the molecule is O=C(NCc1cc(-c2ccccc2)on1)NCC1(O)CCCCC1. The number of rotatable bonds is 5. The smallest absolute Gasteiger partial charge is 0.315 e. The first-order valence-corrected chi connectivity index (χ1v) is 8.40. The number of benzene rings is 1. The summed E-state index contributed by atoms with van der Waals surface area (Å²) in [5, 5.41) is 19.8. The number of carbonyl (C=O) groups excluding carboxylic acids is 1. The maximum atomic E-state index is 11.9. The predicted octanol–water partition coefficient (Wildman–Crippen LogP) is 2.84. The molecule has 3 N–H and O–H groups in total. The summed E-state index contributed by atoms with van der Waals surface area (Å²) in [6, 6.07) is 11.2. The van der Waals surface area contributed by atoms with Crippen LogP contribution in [0.4, 0.5) is 4.79 Å². The second-order valence-electron chi connectivity index (χ2n) is 6.37. The van der Waals surface area contributed by atoms with Gasteiger partial charge in [0.25, 0.3) is 0 Å². The number of aromatic nitrogens is 1. The summed E-state index contributed by atoms with van der Waals surface area (Å²) in [4.78, 5) is 11.9. The third-order valence-corrected chi connectivity index (χ3v) is 4.41. The van der Waals surface area contributed by atoms with E-state index in [0.717, 1.165) is 37.7 Å². The highest BCUT2D eigenvalue weighted by Gasteiger charge is 2.29. The molecule has 1 aromatic carbocycles. The molecular formula is C18H23N3O3. The van der Waals surface area contributed by atoms with Gasteiger partial charge in [-0.3, -0.25) is 0 Å². The van der Waals surface area contributed by atoms with Crippen molar-refractivity contribution in [3.8, 4) is 11.3 Å². The number of urea groups is 1. The fourth-order valence-corrected chi connectivity index (χ4v) is 3.00. The van der Waals surface area contributed by atoms with Crippen molar-refractivity contribution in [3.63, 3.8) is 0 Å². The summed E-state index contributed by atoms with van der Waals surface area (Å²) >= 11 is 0. The Morgan fingerprint density at radius 3 is 2.67 bits per heavy atom. The van der Waals surface area contributed by atoms with E-state index in [9.17, 15) is 9.90 Å². The molecule has 6 heteroatoms. The molecule has 6 nitrogen and oxygen atoms in total. The van der Waals surface area contributed by atoms with Crippen LogP contribution in [-0.2, 0) is 6.54 Å². The van der Waals surface area contributed by atoms with Gasteiger partial charge in [-0.1, -0.05) is 54.8 Å². The first-order valence-electron chi connectivity index (χ1n) is 8.40. The molecule has 3 rings (SSSR count). The van der Waals surface area contributed by atoms with E-state index in [2.05, 4.69) is 15.8 Å². The quantitative estimate of drug-likeness (QED) is 0.787. The Balaban J connectivity index is 1.46. The Hall–Kier alpha value is -2.34. The highest BCUT2D eigenvalue weighted by atomic mass is 16.5. The number of amides is 2. The summed E-state index contributed by atoms with van der Waals surface area (Å²) in [5.74, 6) is 0.671. The summed E-state index contributed by atoms with van der Waals surface area (Å²) < 4.78 is 5.29. The van der Waals surface area contributed by atoms with Gasteiger partial charge in [-0.2, -0.15) is 0 Å². The first-order chi connectivity index (χ1) is 11.6. The molecule has 0 radical (unpaired) electrons. The van der Waals surface area contributed by atoms with E-state index in [-0.39, 0.29) is 19.1 Å². The van der Waals surface area contributed by atoms with Gasteiger partial charge in [0.2, 0.25) is 0 Å². The summed E-state index contributed by atoms with van der Waals surface area (Å²) in [5.41, 5.74) is 0.838. The van der Waals surface area contributed by atoms with Gasteiger partial charge in [0.15, 0.2) is 5.76 Å².